The lowest BCUT2D eigenvalue weighted by Crippen LogP contribution is -2.32. The number of carbonyl (C=O) groups is 4. The lowest BCUT2D eigenvalue weighted by Gasteiger charge is -2.13. The second kappa shape index (κ2) is 8.22. The molecule has 0 aromatic heterocycles. The standard InChI is InChI=1S/C20H17ClN2O5/c1-12-6-7-13(10-16(12)21)22-17(24)11-28-18(25)8-9-23-19(26)14-4-2-3-5-15(14)20(23)27/h2-7,10H,8-9,11H2,1H3,(H,22,24). The summed E-state index contributed by atoms with van der Waals surface area (Å²) in [5.41, 5.74) is 2.00. The Morgan fingerprint density at radius 2 is 1.71 bits per heavy atom. The number of nitrogens with one attached hydrogen (secondary N) is 1. The summed E-state index contributed by atoms with van der Waals surface area (Å²) in [5, 5.41) is 3.08. The van der Waals surface area contributed by atoms with Crippen LogP contribution in [0.3, 0.4) is 0 Å². The van der Waals surface area contributed by atoms with Crippen LogP contribution in [-0.4, -0.2) is 41.7 Å². The van der Waals surface area contributed by atoms with Crippen LogP contribution in [0.25, 0.3) is 0 Å². The minimum absolute atomic E-state index is 0.111. The van der Waals surface area contributed by atoms with E-state index in [2.05, 4.69) is 5.32 Å². The number of aryl methyl sites for hydroxylation is 1. The van der Waals surface area contributed by atoms with Crippen molar-refractivity contribution in [3.8, 4) is 0 Å². The van der Waals surface area contributed by atoms with Gasteiger partial charge in [-0.2, -0.15) is 0 Å². The highest BCUT2D eigenvalue weighted by Crippen LogP contribution is 2.22. The summed E-state index contributed by atoms with van der Waals surface area (Å²) in [5.74, 6) is -2.09. The predicted molar refractivity (Wildman–Crippen MR) is 102 cm³/mol. The number of esters is 1. The van der Waals surface area contributed by atoms with E-state index in [0.29, 0.717) is 21.8 Å². The van der Waals surface area contributed by atoms with Gasteiger partial charge in [0.25, 0.3) is 17.7 Å². The fourth-order valence-corrected chi connectivity index (χ4v) is 2.91. The summed E-state index contributed by atoms with van der Waals surface area (Å²) in [4.78, 5) is 49.2. The molecule has 0 radical (unpaired) electrons. The summed E-state index contributed by atoms with van der Waals surface area (Å²) < 4.78 is 4.90. The second-order valence-corrected chi connectivity index (χ2v) is 6.64. The fraction of sp³-hybridized carbons (Fsp3) is 0.200. The smallest absolute Gasteiger partial charge is 0.308 e. The van der Waals surface area contributed by atoms with Gasteiger partial charge in [-0.1, -0.05) is 29.8 Å². The maximum absolute atomic E-state index is 12.2. The maximum Gasteiger partial charge on any atom is 0.308 e. The van der Waals surface area contributed by atoms with Gasteiger partial charge in [-0.25, -0.2) is 0 Å². The van der Waals surface area contributed by atoms with Gasteiger partial charge in [0.2, 0.25) is 0 Å². The minimum atomic E-state index is -0.686. The Balaban J connectivity index is 1.46. The molecule has 0 saturated carbocycles. The monoisotopic (exact) mass is 400 g/mol. The van der Waals surface area contributed by atoms with E-state index in [1.54, 1.807) is 42.5 Å². The zero-order chi connectivity index (χ0) is 20.3. The first-order valence-electron chi connectivity index (χ1n) is 8.53. The van der Waals surface area contributed by atoms with Crippen molar-refractivity contribution in [1.82, 2.24) is 4.90 Å². The number of fused-ring (bicyclic) bond motifs is 1. The van der Waals surface area contributed by atoms with Crippen molar-refractivity contribution < 1.29 is 23.9 Å². The molecule has 3 rings (SSSR count). The molecule has 144 valence electrons. The number of hydrogen-bond donors (Lipinski definition) is 1. The van der Waals surface area contributed by atoms with E-state index in [-0.39, 0.29) is 13.0 Å². The van der Waals surface area contributed by atoms with E-state index in [4.69, 9.17) is 16.3 Å². The van der Waals surface area contributed by atoms with E-state index < -0.39 is 30.3 Å². The summed E-state index contributed by atoms with van der Waals surface area (Å²) in [6.07, 6.45) is -0.199. The summed E-state index contributed by atoms with van der Waals surface area (Å²) >= 11 is 5.99. The Morgan fingerprint density at radius 1 is 1.07 bits per heavy atom. The molecule has 0 aliphatic carbocycles. The molecule has 28 heavy (non-hydrogen) atoms. The van der Waals surface area contributed by atoms with Gasteiger partial charge >= 0.3 is 5.97 Å². The van der Waals surface area contributed by atoms with Gasteiger partial charge in [0, 0.05) is 17.3 Å². The number of ether oxygens (including phenoxy) is 1. The number of amides is 3. The highest BCUT2D eigenvalue weighted by Gasteiger charge is 2.35. The van der Waals surface area contributed by atoms with Gasteiger partial charge in [0.05, 0.1) is 17.5 Å². The Morgan fingerprint density at radius 3 is 2.32 bits per heavy atom. The van der Waals surface area contributed by atoms with Crippen LogP contribution in [0.4, 0.5) is 5.69 Å². The maximum atomic E-state index is 12.2. The number of hydrogen-bond acceptors (Lipinski definition) is 5. The molecule has 0 spiro atoms. The number of nitrogens with zero attached hydrogens (tertiary/aromatic N) is 1. The molecular weight excluding hydrogens is 384 g/mol. The quantitative estimate of drug-likeness (QED) is 0.594. The topological polar surface area (TPSA) is 92.8 Å². The number of rotatable bonds is 6. The van der Waals surface area contributed by atoms with E-state index in [1.165, 1.54) is 0 Å². The summed E-state index contributed by atoms with van der Waals surface area (Å²) in [7, 11) is 0. The minimum Gasteiger partial charge on any atom is -0.456 e. The van der Waals surface area contributed by atoms with Gasteiger partial charge in [0.1, 0.15) is 0 Å². The fourth-order valence-electron chi connectivity index (χ4n) is 2.73. The molecule has 1 N–H and O–H groups in total. The molecule has 1 aliphatic heterocycles. The molecule has 0 atom stereocenters. The van der Waals surface area contributed by atoms with Crippen molar-refractivity contribution in [2.24, 2.45) is 0 Å². The Kier molecular flexibility index (Phi) is 5.75. The third-order valence-corrected chi connectivity index (χ3v) is 4.64. The lowest BCUT2D eigenvalue weighted by molar-refractivity contribution is -0.147. The molecule has 2 aromatic carbocycles. The number of carbonyl (C=O) groups excluding carboxylic acids is 4. The molecular formula is C20H17ClN2O5. The van der Waals surface area contributed by atoms with Crippen LogP contribution < -0.4 is 5.32 Å². The molecule has 0 unspecified atom stereocenters. The molecule has 0 saturated heterocycles. The van der Waals surface area contributed by atoms with E-state index in [1.807, 2.05) is 6.92 Å². The van der Waals surface area contributed by atoms with Gasteiger partial charge < -0.3 is 10.1 Å². The van der Waals surface area contributed by atoms with Gasteiger partial charge in [-0.3, -0.25) is 24.1 Å². The first-order valence-corrected chi connectivity index (χ1v) is 8.91. The van der Waals surface area contributed by atoms with Crippen molar-refractivity contribution in [3.05, 3.63) is 64.2 Å². The predicted octanol–water partition coefficient (Wildman–Crippen LogP) is 2.82. The number of halogens is 1. The third kappa shape index (κ3) is 4.20. The Bertz CT molecular complexity index is 938. The first kappa shape index (κ1) is 19.6. The van der Waals surface area contributed by atoms with Crippen LogP contribution >= 0.6 is 11.6 Å². The number of benzene rings is 2. The first-order chi connectivity index (χ1) is 13.4. The van der Waals surface area contributed by atoms with Gasteiger partial charge in [-0.05, 0) is 36.8 Å². The molecule has 7 nitrogen and oxygen atoms in total. The molecule has 0 bridgehead atoms. The highest BCUT2D eigenvalue weighted by molar-refractivity contribution is 6.31. The van der Waals surface area contributed by atoms with Crippen molar-refractivity contribution in [2.75, 3.05) is 18.5 Å². The van der Waals surface area contributed by atoms with Crippen molar-refractivity contribution in [1.29, 1.82) is 0 Å². The number of imide groups is 1. The second-order valence-electron chi connectivity index (χ2n) is 6.23. The van der Waals surface area contributed by atoms with Crippen LogP contribution in [0.1, 0.15) is 32.7 Å². The zero-order valence-electron chi connectivity index (χ0n) is 15.0. The zero-order valence-corrected chi connectivity index (χ0v) is 15.8. The van der Waals surface area contributed by atoms with E-state index >= 15 is 0 Å². The van der Waals surface area contributed by atoms with E-state index in [9.17, 15) is 19.2 Å². The van der Waals surface area contributed by atoms with Crippen LogP contribution in [-0.2, 0) is 14.3 Å². The highest BCUT2D eigenvalue weighted by atomic mass is 35.5. The SMILES string of the molecule is Cc1ccc(NC(=O)COC(=O)CCN2C(=O)c3ccccc3C2=O)cc1Cl. The normalized spacial score (nSPS) is 12.7. The molecule has 2 aromatic rings. The summed E-state index contributed by atoms with van der Waals surface area (Å²) in [6, 6.07) is 11.5. The molecule has 0 fully saturated rings. The van der Waals surface area contributed by atoms with E-state index in [0.717, 1.165) is 10.5 Å². The van der Waals surface area contributed by atoms with Crippen LogP contribution in [0.15, 0.2) is 42.5 Å². The van der Waals surface area contributed by atoms with Crippen LogP contribution in [0, 0.1) is 6.92 Å². The van der Waals surface area contributed by atoms with Gasteiger partial charge in [-0.15, -0.1) is 0 Å². The third-order valence-electron chi connectivity index (χ3n) is 4.24. The van der Waals surface area contributed by atoms with Crippen molar-refractivity contribution >= 4 is 41.0 Å². The Labute approximate surface area is 166 Å². The largest absolute Gasteiger partial charge is 0.456 e. The van der Waals surface area contributed by atoms with Crippen LogP contribution in [0.2, 0.25) is 5.02 Å². The molecule has 1 aliphatic rings. The molecule has 8 heteroatoms. The van der Waals surface area contributed by atoms with Crippen molar-refractivity contribution in [2.45, 2.75) is 13.3 Å². The van der Waals surface area contributed by atoms with Crippen LogP contribution in [0.5, 0.6) is 0 Å². The molecule has 3 amide bonds. The lowest BCUT2D eigenvalue weighted by atomic mass is 10.1. The average molecular weight is 401 g/mol. The Hall–Kier alpha value is -3.19. The average Bonchev–Trinajstić information content (AvgIpc) is 2.92. The molecule has 1 heterocycles. The number of anilines is 1. The van der Waals surface area contributed by atoms with Crippen molar-refractivity contribution in [3.63, 3.8) is 0 Å². The summed E-state index contributed by atoms with van der Waals surface area (Å²) in [6.45, 7) is 1.25. The van der Waals surface area contributed by atoms with Gasteiger partial charge in [0.15, 0.2) is 6.61 Å².